The van der Waals surface area contributed by atoms with Crippen LogP contribution in [0, 0.1) is 13.8 Å². The molecule has 0 aromatic heterocycles. The van der Waals surface area contributed by atoms with E-state index in [1.54, 1.807) is 14.2 Å². The van der Waals surface area contributed by atoms with Gasteiger partial charge < -0.3 is 25.0 Å². The first-order valence-corrected chi connectivity index (χ1v) is 7.76. The maximum atomic E-state index is 9.10. The van der Waals surface area contributed by atoms with Crippen LogP contribution >= 0.6 is 0 Å². The van der Waals surface area contributed by atoms with Crippen molar-refractivity contribution in [2.24, 2.45) is 0 Å². The maximum absolute atomic E-state index is 9.10. The number of ether oxygens (including phenoxy) is 2. The third-order valence-electron chi connectivity index (χ3n) is 3.37. The predicted molar refractivity (Wildman–Crippen MR) is 98.1 cm³/mol. The first-order chi connectivity index (χ1) is 12.3. The average Bonchev–Trinajstić information content (AvgIpc) is 2.59. The van der Waals surface area contributed by atoms with E-state index in [0.29, 0.717) is 6.54 Å². The lowest BCUT2D eigenvalue weighted by Gasteiger charge is -2.14. The van der Waals surface area contributed by atoms with Crippen molar-refractivity contribution in [3.63, 3.8) is 0 Å². The lowest BCUT2D eigenvalue weighted by molar-refractivity contribution is -0.159. The zero-order valence-corrected chi connectivity index (χ0v) is 15.2. The van der Waals surface area contributed by atoms with Crippen molar-refractivity contribution in [2.75, 3.05) is 19.5 Å². The lowest BCUT2D eigenvalue weighted by atomic mass is 10.1. The summed E-state index contributed by atoms with van der Waals surface area (Å²) in [5, 5.41) is 18.2. The summed E-state index contributed by atoms with van der Waals surface area (Å²) >= 11 is 0. The number of hydrogen-bond acceptors (Lipinski definition) is 5. The Balaban J connectivity index is 0.000000487. The molecule has 0 aliphatic heterocycles. The summed E-state index contributed by atoms with van der Waals surface area (Å²) in [6.07, 6.45) is 0. The Bertz CT molecular complexity index is 740. The minimum atomic E-state index is -1.82. The number of methoxy groups -OCH3 is 2. The number of aliphatic carboxylic acids is 2. The van der Waals surface area contributed by atoms with Gasteiger partial charge in [-0.3, -0.25) is 0 Å². The molecule has 0 atom stereocenters. The molecule has 140 valence electrons. The number of carboxylic acids is 2. The monoisotopic (exact) mass is 361 g/mol. The summed E-state index contributed by atoms with van der Waals surface area (Å²) in [7, 11) is 3.32. The van der Waals surface area contributed by atoms with Crippen molar-refractivity contribution in [1.82, 2.24) is 0 Å². The molecule has 0 saturated heterocycles. The second-order valence-electron chi connectivity index (χ2n) is 5.49. The highest BCUT2D eigenvalue weighted by atomic mass is 16.5. The number of aryl methyl sites for hydroxylation is 2. The van der Waals surface area contributed by atoms with Gasteiger partial charge in [-0.2, -0.15) is 0 Å². The van der Waals surface area contributed by atoms with Gasteiger partial charge in [0.15, 0.2) is 11.5 Å². The summed E-state index contributed by atoms with van der Waals surface area (Å²) in [6, 6.07) is 12.4. The summed E-state index contributed by atoms with van der Waals surface area (Å²) in [6.45, 7) is 4.90. The Morgan fingerprint density at radius 1 is 0.962 bits per heavy atom. The number of nitrogens with one attached hydrogen (secondary N) is 1. The Hall–Kier alpha value is -3.22. The predicted octanol–water partition coefficient (Wildman–Crippen LogP) is 3.09. The van der Waals surface area contributed by atoms with Crippen molar-refractivity contribution < 1.29 is 29.3 Å². The lowest BCUT2D eigenvalue weighted by Crippen LogP contribution is -2.09. The number of carboxylic acid groups (broad SMARTS) is 2. The molecule has 0 fully saturated rings. The van der Waals surface area contributed by atoms with Gasteiger partial charge in [0.2, 0.25) is 0 Å². The summed E-state index contributed by atoms with van der Waals surface area (Å²) in [4.78, 5) is 18.2. The van der Waals surface area contributed by atoms with Gasteiger partial charge in [0.05, 0.1) is 14.2 Å². The first-order valence-electron chi connectivity index (χ1n) is 7.76. The summed E-state index contributed by atoms with van der Waals surface area (Å²) in [5.41, 5.74) is 4.70. The van der Waals surface area contributed by atoms with Crippen LogP contribution in [0.1, 0.15) is 16.7 Å². The molecule has 0 aliphatic rings. The van der Waals surface area contributed by atoms with Gasteiger partial charge in [-0.25, -0.2) is 9.59 Å². The third-order valence-corrected chi connectivity index (χ3v) is 3.37. The van der Waals surface area contributed by atoms with E-state index in [9.17, 15) is 0 Å². The smallest absolute Gasteiger partial charge is 0.414 e. The number of rotatable bonds is 5. The molecule has 0 heterocycles. The van der Waals surface area contributed by atoms with E-state index in [1.165, 1.54) is 11.1 Å². The standard InChI is InChI=1S/C17H21NO2.C2H2O4/c1-12-8-13(2)10-15(9-12)18-11-14-6-5-7-16(19-3)17(14)20-4;3-1(4)2(5)6/h5-10,18H,11H2,1-4H3;(H,3,4)(H,5,6). The third kappa shape index (κ3) is 6.35. The minimum absolute atomic E-state index is 0.698. The molecule has 2 rings (SSSR count). The maximum Gasteiger partial charge on any atom is 0.414 e. The van der Waals surface area contributed by atoms with Gasteiger partial charge in [-0.05, 0) is 43.2 Å². The zero-order chi connectivity index (χ0) is 19.7. The largest absolute Gasteiger partial charge is 0.493 e. The molecule has 3 N–H and O–H groups in total. The summed E-state index contributed by atoms with van der Waals surface area (Å²) in [5.74, 6) is -2.11. The highest BCUT2D eigenvalue weighted by Crippen LogP contribution is 2.31. The van der Waals surface area contributed by atoms with Crippen LogP contribution in [-0.2, 0) is 16.1 Å². The van der Waals surface area contributed by atoms with E-state index in [2.05, 4.69) is 37.4 Å². The van der Waals surface area contributed by atoms with Crippen LogP contribution in [0.25, 0.3) is 0 Å². The Morgan fingerprint density at radius 2 is 1.54 bits per heavy atom. The molecule has 0 aliphatic carbocycles. The molecule has 0 radical (unpaired) electrons. The molecule has 7 heteroatoms. The van der Waals surface area contributed by atoms with E-state index in [1.807, 2.05) is 18.2 Å². The molecule has 0 unspecified atom stereocenters. The van der Waals surface area contributed by atoms with Crippen LogP contribution in [0.3, 0.4) is 0 Å². The van der Waals surface area contributed by atoms with E-state index in [0.717, 1.165) is 22.7 Å². The molecular formula is C19H23NO6. The van der Waals surface area contributed by atoms with Gasteiger partial charge >= 0.3 is 11.9 Å². The molecule has 2 aromatic rings. The van der Waals surface area contributed by atoms with Gasteiger partial charge in [-0.15, -0.1) is 0 Å². The van der Waals surface area contributed by atoms with E-state index in [4.69, 9.17) is 29.3 Å². The Morgan fingerprint density at radius 3 is 2.00 bits per heavy atom. The minimum Gasteiger partial charge on any atom is -0.493 e. The normalized spacial score (nSPS) is 9.54. The van der Waals surface area contributed by atoms with Crippen molar-refractivity contribution in [1.29, 1.82) is 0 Å². The molecule has 2 aromatic carbocycles. The van der Waals surface area contributed by atoms with Crippen molar-refractivity contribution in [2.45, 2.75) is 20.4 Å². The first kappa shape index (κ1) is 20.8. The highest BCUT2D eigenvalue weighted by Gasteiger charge is 2.09. The summed E-state index contributed by atoms with van der Waals surface area (Å²) < 4.78 is 10.8. The van der Waals surface area contributed by atoms with Gasteiger partial charge in [-0.1, -0.05) is 18.2 Å². The van der Waals surface area contributed by atoms with Gasteiger partial charge in [0.1, 0.15) is 0 Å². The molecule has 0 saturated carbocycles. The zero-order valence-electron chi connectivity index (χ0n) is 15.2. The fraction of sp³-hybridized carbons (Fsp3) is 0.263. The van der Waals surface area contributed by atoms with Crippen LogP contribution < -0.4 is 14.8 Å². The molecule has 26 heavy (non-hydrogen) atoms. The van der Waals surface area contributed by atoms with Crippen LogP contribution in [0.5, 0.6) is 11.5 Å². The number of para-hydroxylation sites is 1. The van der Waals surface area contributed by atoms with Gasteiger partial charge in [0, 0.05) is 17.8 Å². The highest BCUT2D eigenvalue weighted by molar-refractivity contribution is 6.27. The average molecular weight is 361 g/mol. The second-order valence-corrected chi connectivity index (χ2v) is 5.49. The molecular weight excluding hydrogens is 338 g/mol. The second kappa shape index (κ2) is 9.93. The number of benzene rings is 2. The van der Waals surface area contributed by atoms with Crippen molar-refractivity contribution >= 4 is 17.6 Å². The van der Waals surface area contributed by atoms with E-state index < -0.39 is 11.9 Å². The molecule has 7 nitrogen and oxygen atoms in total. The molecule has 0 spiro atoms. The van der Waals surface area contributed by atoms with E-state index >= 15 is 0 Å². The van der Waals surface area contributed by atoms with Crippen LogP contribution in [-0.4, -0.2) is 36.4 Å². The Labute approximate surface area is 152 Å². The number of hydrogen-bond donors (Lipinski definition) is 3. The van der Waals surface area contributed by atoms with Crippen LogP contribution in [0.4, 0.5) is 5.69 Å². The topological polar surface area (TPSA) is 105 Å². The van der Waals surface area contributed by atoms with Crippen LogP contribution in [0.15, 0.2) is 36.4 Å². The number of carbonyl (C=O) groups is 2. The fourth-order valence-electron chi connectivity index (χ4n) is 2.37. The quantitative estimate of drug-likeness (QED) is 0.703. The Kier molecular flexibility index (Phi) is 7.95. The van der Waals surface area contributed by atoms with E-state index in [-0.39, 0.29) is 0 Å². The van der Waals surface area contributed by atoms with Gasteiger partial charge in [0.25, 0.3) is 0 Å². The SMILES string of the molecule is COc1cccc(CNc2cc(C)cc(C)c2)c1OC.O=C(O)C(=O)O. The van der Waals surface area contributed by atoms with Crippen LogP contribution in [0.2, 0.25) is 0 Å². The molecule has 0 amide bonds. The van der Waals surface area contributed by atoms with Crippen molar-refractivity contribution in [3.8, 4) is 11.5 Å². The molecule has 0 bridgehead atoms. The number of anilines is 1. The van der Waals surface area contributed by atoms with Crippen molar-refractivity contribution in [3.05, 3.63) is 53.1 Å². The fourth-order valence-corrected chi connectivity index (χ4v) is 2.37.